The summed E-state index contributed by atoms with van der Waals surface area (Å²) in [4.78, 5) is 2.63. The highest BCUT2D eigenvalue weighted by atomic mass is 15.1. The van der Waals surface area contributed by atoms with Crippen LogP contribution in [0.5, 0.6) is 0 Å². The van der Waals surface area contributed by atoms with Gasteiger partial charge in [-0.15, -0.1) is 0 Å². The van der Waals surface area contributed by atoms with Crippen molar-refractivity contribution < 1.29 is 0 Å². The second kappa shape index (κ2) is 8.55. The zero-order valence-electron chi connectivity index (χ0n) is 14.0. The van der Waals surface area contributed by atoms with Gasteiger partial charge in [0.1, 0.15) is 0 Å². The number of hydrogen-bond donors (Lipinski definition) is 1. The first-order chi connectivity index (χ1) is 10.1. The first-order valence-electron chi connectivity index (χ1n) is 8.65. The van der Waals surface area contributed by atoms with Crippen LogP contribution in [0, 0.1) is 11.8 Å². The Morgan fingerprint density at radius 2 is 1.76 bits per heavy atom. The number of nitrogens with zero attached hydrogens (tertiary/aromatic N) is 1. The molecule has 1 aliphatic heterocycles. The SMILES string of the molecule is CC(C)C(C)NCCN1CCC(Cc2ccccc2)CC1. The van der Waals surface area contributed by atoms with Crippen molar-refractivity contribution in [3.63, 3.8) is 0 Å². The van der Waals surface area contributed by atoms with Gasteiger partial charge in [0.25, 0.3) is 0 Å². The lowest BCUT2D eigenvalue weighted by Gasteiger charge is -2.32. The molecule has 0 radical (unpaired) electrons. The van der Waals surface area contributed by atoms with Gasteiger partial charge in [0.2, 0.25) is 0 Å². The predicted octanol–water partition coefficient (Wildman–Crippen LogP) is 3.58. The predicted molar refractivity (Wildman–Crippen MR) is 91.6 cm³/mol. The van der Waals surface area contributed by atoms with Crippen LogP contribution in [0.15, 0.2) is 30.3 Å². The topological polar surface area (TPSA) is 15.3 Å². The molecule has 1 fully saturated rings. The van der Waals surface area contributed by atoms with Crippen molar-refractivity contribution in [1.82, 2.24) is 10.2 Å². The van der Waals surface area contributed by atoms with E-state index in [-0.39, 0.29) is 0 Å². The molecule has 0 saturated carbocycles. The second-order valence-corrected chi connectivity index (χ2v) is 6.96. The van der Waals surface area contributed by atoms with Gasteiger partial charge in [-0.3, -0.25) is 0 Å². The Morgan fingerprint density at radius 3 is 2.38 bits per heavy atom. The third kappa shape index (κ3) is 5.80. The van der Waals surface area contributed by atoms with Crippen LogP contribution in [-0.4, -0.2) is 37.1 Å². The van der Waals surface area contributed by atoms with E-state index in [0.717, 1.165) is 18.4 Å². The molecule has 0 amide bonds. The number of nitrogens with one attached hydrogen (secondary N) is 1. The van der Waals surface area contributed by atoms with Gasteiger partial charge in [-0.05, 0) is 56.7 Å². The van der Waals surface area contributed by atoms with Crippen LogP contribution in [0.3, 0.4) is 0 Å². The Bertz CT molecular complexity index is 380. The molecule has 1 aromatic carbocycles. The quantitative estimate of drug-likeness (QED) is 0.825. The van der Waals surface area contributed by atoms with Gasteiger partial charge in [0.05, 0.1) is 0 Å². The molecular weight excluding hydrogens is 256 g/mol. The van der Waals surface area contributed by atoms with E-state index >= 15 is 0 Å². The molecule has 118 valence electrons. The number of piperidine rings is 1. The maximum absolute atomic E-state index is 3.64. The fourth-order valence-corrected chi connectivity index (χ4v) is 3.05. The molecule has 1 unspecified atom stereocenters. The van der Waals surface area contributed by atoms with Crippen molar-refractivity contribution in [2.24, 2.45) is 11.8 Å². The summed E-state index contributed by atoms with van der Waals surface area (Å²) in [6.45, 7) is 11.7. The maximum atomic E-state index is 3.64. The molecule has 1 aliphatic rings. The van der Waals surface area contributed by atoms with Gasteiger partial charge in [0, 0.05) is 19.1 Å². The lowest BCUT2D eigenvalue weighted by molar-refractivity contribution is 0.182. The third-order valence-corrected chi connectivity index (χ3v) is 4.97. The number of hydrogen-bond acceptors (Lipinski definition) is 2. The minimum atomic E-state index is 0.626. The largest absolute Gasteiger partial charge is 0.313 e. The zero-order valence-corrected chi connectivity index (χ0v) is 14.0. The van der Waals surface area contributed by atoms with Gasteiger partial charge in [-0.25, -0.2) is 0 Å². The summed E-state index contributed by atoms with van der Waals surface area (Å²) in [5.41, 5.74) is 1.50. The van der Waals surface area contributed by atoms with Crippen molar-refractivity contribution in [3.05, 3.63) is 35.9 Å². The van der Waals surface area contributed by atoms with Crippen molar-refractivity contribution in [3.8, 4) is 0 Å². The normalized spacial score (nSPS) is 19.0. The van der Waals surface area contributed by atoms with Crippen LogP contribution in [-0.2, 0) is 6.42 Å². The Kier molecular flexibility index (Phi) is 6.72. The van der Waals surface area contributed by atoms with E-state index in [1.54, 1.807) is 0 Å². The fraction of sp³-hybridized carbons (Fsp3) is 0.684. The molecule has 0 aliphatic carbocycles. The van der Waals surface area contributed by atoms with Crippen LogP contribution in [0.4, 0.5) is 0 Å². The molecule has 0 bridgehead atoms. The Balaban J connectivity index is 1.62. The number of rotatable bonds is 7. The van der Waals surface area contributed by atoms with E-state index in [4.69, 9.17) is 0 Å². The average Bonchev–Trinajstić information content (AvgIpc) is 2.50. The Labute approximate surface area is 130 Å². The average molecular weight is 288 g/mol. The van der Waals surface area contributed by atoms with Gasteiger partial charge in [0.15, 0.2) is 0 Å². The number of benzene rings is 1. The van der Waals surface area contributed by atoms with Crippen LogP contribution in [0.1, 0.15) is 39.2 Å². The van der Waals surface area contributed by atoms with Gasteiger partial charge >= 0.3 is 0 Å². The molecule has 0 spiro atoms. The van der Waals surface area contributed by atoms with E-state index in [2.05, 4.69) is 61.3 Å². The highest BCUT2D eigenvalue weighted by Gasteiger charge is 2.19. The minimum Gasteiger partial charge on any atom is -0.313 e. The molecule has 1 heterocycles. The summed E-state index contributed by atoms with van der Waals surface area (Å²) >= 11 is 0. The van der Waals surface area contributed by atoms with E-state index in [0.29, 0.717) is 6.04 Å². The lowest BCUT2D eigenvalue weighted by Crippen LogP contribution is -2.41. The fourth-order valence-electron chi connectivity index (χ4n) is 3.05. The van der Waals surface area contributed by atoms with E-state index in [9.17, 15) is 0 Å². The van der Waals surface area contributed by atoms with Crippen LogP contribution >= 0.6 is 0 Å². The van der Waals surface area contributed by atoms with E-state index < -0.39 is 0 Å². The summed E-state index contributed by atoms with van der Waals surface area (Å²) < 4.78 is 0. The second-order valence-electron chi connectivity index (χ2n) is 6.96. The summed E-state index contributed by atoms with van der Waals surface area (Å²) in [5, 5.41) is 3.64. The monoisotopic (exact) mass is 288 g/mol. The van der Waals surface area contributed by atoms with Gasteiger partial charge < -0.3 is 10.2 Å². The molecule has 2 rings (SSSR count). The number of likely N-dealkylation sites (tertiary alicyclic amines) is 1. The standard InChI is InChI=1S/C19H32N2/c1-16(2)17(3)20-11-14-21-12-9-19(10-13-21)15-18-7-5-4-6-8-18/h4-8,16-17,19-20H,9-15H2,1-3H3. The Morgan fingerprint density at radius 1 is 1.10 bits per heavy atom. The van der Waals surface area contributed by atoms with Gasteiger partial charge in [-0.2, -0.15) is 0 Å². The summed E-state index contributed by atoms with van der Waals surface area (Å²) in [6.07, 6.45) is 3.97. The van der Waals surface area contributed by atoms with Crippen LogP contribution in [0.2, 0.25) is 0 Å². The molecule has 1 saturated heterocycles. The smallest absolute Gasteiger partial charge is 0.0107 e. The molecule has 2 heteroatoms. The maximum Gasteiger partial charge on any atom is 0.0107 e. The Hall–Kier alpha value is -0.860. The molecule has 1 atom stereocenters. The minimum absolute atomic E-state index is 0.626. The summed E-state index contributed by atoms with van der Waals surface area (Å²) in [7, 11) is 0. The molecule has 2 nitrogen and oxygen atoms in total. The summed E-state index contributed by atoms with van der Waals surface area (Å²) in [5.74, 6) is 1.60. The van der Waals surface area contributed by atoms with Crippen molar-refractivity contribution >= 4 is 0 Å². The molecule has 0 aromatic heterocycles. The molecule has 1 aromatic rings. The molecular formula is C19H32N2. The first kappa shape index (κ1) is 16.5. The highest BCUT2D eigenvalue weighted by molar-refractivity contribution is 5.15. The molecule has 21 heavy (non-hydrogen) atoms. The van der Waals surface area contributed by atoms with Crippen molar-refractivity contribution in [2.45, 2.75) is 46.1 Å². The zero-order chi connectivity index (χ0) is 15.1. The molecule has 1 N–H and O–H groups in total. The van der Waals surface area contributed by atoms with Crippen molar-refractivity contribution in [2.75, 3.05) is 26.2 Å². The van der Waals surface area contributed by atoms with Gasteiger partial charge in [-0.1, -0.05) is 44.2 Å². The van der Waals surface area contributed by atoms with Crippen LogP contribution in [0.25, 0.3) is 0 Å². The van der Waals surface area contributed by atoms with Crippen LogP contribution < -0.4 is 5.32 Å². The first-order valence-corrected chi connectivity index (χ1v) is 8.65. The summed E-state index contributed by atoms with van der Waals surface area (Å²) in [6, 6.07) is 11.6. The van der Waals surface area contributed by atoms with E-state index in [1.165, 1.54) is 44.5 Å². The highest BCUT2D eigenvalue weighted by Crippen LogP contribution is 2.21. The van der Waals surface area contributed by atoms with Crippen molar-refractivity contribution in [1.29, 1.82) is 0 Å². The third-order valence-electron chi connectivity index (χ3n) is 4.97. The lowest BCUT2D eigenvalue weighted by atomic mass is 9.90. The van der Waals surface area contributed by atoms with E-state index in [1.807, 2.05) is 0 Å².